The first-order chi connectivity index (χ1) is 6.77. The van der Waals surface area contributed by atoms with E-state index in [2.05, 4.69) is 18.7 Å². The molecule has 2 N–H and O–H groups in total. The van der Waals surface area contributed by atoms with Crippen molar-refractivity contribution in [1.29, 1.82) is 0 Å². The lowest BCUT2D eigenvalue weighted by Gasteiger charge is -2.25. The summed E-state index contributed by atoms with van der Waals surface area (Å²) in [5.74, 6) is 0. The van der Waals surface area contributed by atoms with Crippen molar-refractivity contribution in [2.24, 2.45) is 5.73 Å². The van der Waals surface area contributed by atoms with Crippen LogP contribution in [0.1, 0.15) is 52.4 Å². The summed E-state index contributed by atoms with van der Waals surface area (Å²) in [6, 6.07) is 1.28. The Morgan fingerprint density at radius 2 is 2.00 bits per heavy atom. The van der Waals surface area contributed by atoms with Gasteiger partial charge in [0.1, 0.15) is 0 Å². The van der Waals surface area contributed by atoms with E-state index in [0.29, 0.717) is 6.04 Å². The lowest BCUT2D eigenvalue weighted by atomic mass is 10.1. The van der Waals surface area contributed by atoms with Crippen LogP contribution in [-0.4, -0.2) is 30.1 Å². The van der Waals surface area contributed by atoms with Gasteiger partial charge in [-0.2, -0.15) is 0 Å². The van der Waals surface area contributed by atoms with Gasteiger partial charge < -0.3 is 5.73 Å². The van der Waals surface area contributed by atoms with Gasteiger partial charge >= 0.3 is 0 Å². The summed E-state index contributed by atoms with van der Waals surface area (Å²) in [7, 11) is 0. The molecule has 2 nitrogen and oxygen atoms in total. The van der Waals surface area contributed by atoms with Crippen molar-refractivity contribution >= 4 is 0 Å². The summed E-state index contributed by atoms with van der Waals surface area (Å²) in [6.07, 6.45) is 7.83. The van der Waals surface area contributed by atoms with E-state index < -0.39 is 0 Å². The molecule has 1 saturated carbocycles. The lowest BCUT2D eigenvalue weighted by Crippen LogP contribution is -2.39. The van der Waals surface area contributed by atoms with Crippen LogP contribution in [0.3, 0.4) is 0 Å². The van der Waals surface area contributed by atoms with E-state index in [4.69, 9.17) is 5.73 Å². The van der Waals surface area contributed by atoms with Crippen molar-refractivity contribution in [3.63, 3.8) is 0 Å². The third-order valence-corrected chi connectivity index (χ3v) is 2.99. The molecule has 0 aliphatic heterocycles. The Morgan fingerprint density at radius 3 is 2.50 bits per heavy atom. The van der Waals surface area contributed by atoms with Crippen molar-refractivity contribution in [2.75, 3.05) is 13.1 Å². The first-order valence-corrected chi connectivity index (χ1v) is 6.27. The summed E-state index contributed by atoms with van der Waals surface area (Å²) >= 11 is 0. The quantitative estimate of drug-likeness (QED) is 0.649. The smallest absolute Gasteiger partial charge is 0.0167 e. The third kappa shape index (κ3) is 4.43. The van der Waals surface area contributed by atoms with Crippen molar-refractivity contribution in [2.45, 2.75) is 64.5 Å². The van der Waals surface area contributed by atoms with E-state index in [1.165, 1.54) is 45.1 Å². The van der Waals surface area contributed by atoms with E-state index in [1.807, 2.05) is 0 Å². The van der Waals surface area contributed by atoms with Gasteiger partial charge in [-0.15, -0.1) is 0 Å². The molecular weight excluding hydrogens is 172 g/mol. The minimum absolute atomic E-state index is 0.400. The summed E-state index contributed by atoms with van der Waals surface area (Å²) < 4.78 is 0. The average Bonchev–Trinajstić information content (AvgIpc) is 2.95. The first kappa shape index (κ1) is 12.0. The third-order valence-electron chi connectivity index (χ3n) is 2.99. The Hall–Kier alpha value is -0.0800. The van der Waals surface area contributed by atoms with Crippen LogP contribution in [-0.2, 0) is 0 Å². The first-order valence-electron chi connectivity index (χ1n) is 6.27. The van der Waals surface area contributed by atoms with E-state index in [-0.39, 0.29) is 0 Å². The molecule has 0 amide bonds. The summed E-state index contributed by atoms with van der Waals surface area (Å²) in [4.78, 5) is 2.61. The van der Waals surface area contributed by atoms with Gasteiger partial charge in [0.15, 0.2) is 0 Å². The predicted octanol–water partition coefficient (Wildman–Crippen LogP) is 2.38. The Morgan fingerprint density at radius 1 is 1.29 bits per heavy atom. The van der Waals surface area contributed by atoms with Crippen molar-refractivity contribution in [1.82, 2.24) is 4.90 Å². The number of hydrogen-bond acceptors (Lipinski definition) is 2. The van der Waals surface area contributed by atoms with Crippen LogP contribution in [0, 0.1) is 0 Å². The van der Waals surface area contributed by atoms with Crippen LogP contribution in [0.25, 0.3) is 0 Å². The Labute approximate surface area is 88.8 Å². The molecule has 0 aromatic rings. The van der Waals surface area contributed by atoms with Gasteiger partial charge in [-0.05, 0) is 32.2 Å². The van der Waals surface area contributed by atoms with E-state index in [9.17, 15) is 0 Å². The van der Waals surface area contributed by atoms with Crippen LogP contribution < -0.4 is 5.73 Å². The molecule has 2 heteroatoms. The molecule has 0 saturated heterocycles. The molecule has 1 rings (SSSR count). The maximum atomic E-state index is 6.08. The summed E-state index contributed by atoms with van der Waals surface area (Å²) in [6.45, 7) is 6.86. The maximum Gasteiger partial charge on any atom is 0.0167 e. The molecule has 0 heterocycles. The average molecular weight is 198 g/mol. The predicted molar refractivity (Wildman–Crippen MR) is 62.4 cm³/mol. The number of nitrogens with zero attached hydrogens (tertiary/aromatic N) is 1. The Balaban J connectivity index is 2.20. The van der Waals surface area contributed by atoms with Gasteiger partial charge in [0, 0.05) is 18.6 Å². The molecule has 14 heavy (non-hydrogen) atoms. The minimum Gasteiger partial charge on any atom is -0.327 e. The SMILES string of the molecule is CCCCN(CC(N)CCC)C1CC1. The normalized spacial score (nSPS) is 18.9. The molecule has 1 atom stereocenters. The zero-order valence-electron chi connectivity index (χ0n) is 9.84. The summed E-state index contributed by atoms with van der Waals surface area (Å²) in [5, 5.41) is 0. The van der Waals surface area contributed by atoms with Crippen molar-refractivity contribution < 1.29 is 0 Å². The largest absolute Gasteiger partial charge is 0.327 e. The molecular formula is C12H26N2. The second-order valence-corrected chi connectivity index (χ2v) is 4.63. The molecule has 84 valence electrons. The second kappa shape index (κ2) is 6.41. The van der Waals surface area contributed by atoms with Crippen LogP contribution in [0.15, 0.2) is 0 Å². The minimum atomic E-state index is 0.400. The molecule has 0 aromatic carbocycles. The molecule has 0 bridgehead atoms. The lowest BCUT2D eigenvalue weighted by molar-refractivity contribution is 0.239. The van der Waals surface area contributed by atoms with Crippen molar-refractivity contribution in [3.05, 3.63) is 0 Å². The van der Waals surface area contributed by atoms with Crippen LogP contribution in [0.2, 0.25) is 0 Å². The number of unbranched alkanes of at least 4 members (excludes halogenated alkanes) is 1. The zero-order valence-corrected chi connectivity index (χ0v) is 9.84. The van der Waals surface area contributed by atoms with Gasteiger partial charge in [0.05, 0.1) is 0 Å². The van der Waals surface area contributed by atoms with Crippen LogP contribution >= 0.6 is 0 Å². The van der Waals surface area contributed by atoms with Crippen LogP contribution in [0.5, 0.6) is 0 Å². The molecule has 0 spiro atoms. The highest BCUT2D eigenvalue weighted by molar-refractivity contribution is 4.86. The fourth-order valence-corrected chi connectivity index (χ4v) is 1.99. The topological polar surface area (TPSA) is 29.3 Å². The van der Waals surface area contributed by atoms with Gasteiger partial charge in [0.25, 0.3) is 0 Å². The second-order valence-electron chi connectivity index (χ2n) is 4.63. The standard InChI is InChI=1S/C12H26N2/c1-3-5-9-14(12-7-8-12)10-11(13)6-4-2/h11-12H,3-10,13H2,1-2H3. The molecule has 1 unspecified atom stereocenters. The van der Waals surface area contributed by atoms with Gasteiger partial charge in [-0.3, -0.25) is 4.90 Å². The number of rotatable bonds is 8. The van der Waals surface area contributed by atoms with Gasteiger partial charge in [0.2, 0.25) is 0 Å². The Bertz CT molecular complexity index is 143. The highest BCUT2D eigenvalue weighted by atomic mass is 15.2. The van der Waals surface area contributed by atoms with E-state index >= 15 is 0 Å². The highest BCUT2D eigenvalue weighted by Crippen LogP contribution is 2.27. The molecule has 1 fully saturated rings. The monoisotopic (exact) mass is 198 g/mol. The van der Waals surface area contributed by atoms with E-state index in [0.717, 1.165) is 12.6 Å². The fourth-order valence-electron chi connectivity index (χ4n) is 1.99. The summed E-state index contributed by atoms with van der Waals surface area (Å²) in [5.41, 5.74) is 6.08. The Kier molecular flexibility index (Phi) is 5.49. The van der Waals surface area contributed by atoms with E-state index in [1.54, 1.807) is 0 Å². The van der Waals surface area contributed by atoms with Crippen molar-refractivity contribution in [3.8, 4) is 0 Å². The fraction of sp³-hybridized carbons (Fsp3) is 1.00. The van der Waals surface area contributed by atoms with Gasteiger partial charge in [-0.25, -0.2) is 0 Å². The number of nitrogens with two attached hydrogens (primary N) is 1. The molecule has 1 aliphatic carbocycles. The zero-order chi connectivity index (χ0) is 10.4. The van der Waals surface area contributed by atoms with Crippen LogP contribution in [0.4, 0.5) is 0 Å². The number of hydrogen-bond donors (Lipinski definition) is 1. The molecule has 1 aliphatic rings. The van der Waals surface area contributed by atoms with Gasteiger partial charge in [-0.1, -0.05) is 26.7 Å². The maximum absolute atomic E-state index is 6.08. The molecule has 0 radical (unpaired) electrons. The highest BCUT2D eigenvalue weighted by Gasteiger charge is 2.28. The molecule has 0 aromatic heterocycles.